The van der Waals surface area contributed by atoms with E-state index < -0.39 is 0 Å². The summed E-state index contributed by atoms with van der Waals surface area (Å²) in [6.07, 6.45) is 3.61. The van der Waals surface area contributed by atoms with E-state index in [9.17, 15) is 0 Å². The molecule has 3 aromatic heterocycles. The van der Waals surface area contributed by atoms with E-state index in [4.69, 9.17) is 26.1 Å². The maximum Gasteiger partial charge on any atom is 0.200 e. The van der Waals surface area contributed by atoms with Crippen LogP contribution in [0.15, 0.2) is 90.0 Å². The van der Waals surface area contributed by atoms with E-state index in [-0.39, 0.29) is 0 Å². The standard InChI is InChI=1S/C34H31ClN6O2S/c1-22-17-28-31(43-20-27-12-9-25(18-36-27)24-5-3-2-4-6-24)14-13-29-33(28)34(44-22)30(15-16-42-21-32-37-39-40-38-32)41(29)19-23-7-10-26(35)11-8-23/h2-14,18,22H,15-17,19-21H2,1H3,(H,37,38,39,40). The highest BCUT2D eigenvalue weighted by Gasteiger charge is 2.28. The number of H-pyrrole nitrogens is 1. The van der Waals surface area contributed by atoms with E-state index in [2.05, 4.69) is 74.6 Å². The normalized spacial score (nSPS) is 14.3. The number of hydrogen-bond acceptors (Lipinski definition) is 7. The summed E-state index contributed by atoms with van der Waals surface area (Å²) in [5.74, 6) is 1.47. The Hall–Kier alpha value is -4.18. The van der Waals surface area contributed by atoms with Gasteiger partial charge < -0.3 is 14.0 Å². The number of thioether (sulfide) groups is 1. The molecule has 0 radical (unpaired) electrons. The van der Waals surface area contributed by atoms with Gasteiger partial charge in [0, 0.05) is 56.5 Å². The molecule has 0 aliphatic carbocycles. The molecule has 1 aliphatic rings. The maximum atomic E-state index is 6.48. The lowest BCUT2D eigenvalue weighted by atomic mass is 10.0. The highest BCUT2D eigenvalue weighted by atomic mass is 35.5. The summed E-state index contributed by atoms with van der Waals surface area (Å²) in [5, 5.41) is 16.5. The zero-order valence-corrected chi connectivity index (χ0v) is 25.8. The number of ether oxygens (including phenoxy) is 2. The number of tetrazole rings is 1. The van der Waals surface area contributed by atoms with Crippen molar-refractivity contribution < 1.29 is 9.47 Å². The molecule has 4 heterocycles. The van der Waals surface area contributed by atoms with Crippen molar-refractivity contribution in [3.63, 3.8) is 0 Å². The largest absolute Gasteiger partial charge is 0.487 e. The Morgan fingerprint density at radius 2 is 1.84 bits per heavy atom. The van der Waals surface area contributed by atoms with Gasteiger partial charge in [-0.2, -0.15) is 5.21 Å². The molecule has 0 fully saturated rings. The molecule has 3 aromatic carbocycles. The third-order valence-corrected chi connectivity index (χ3v) is 9.33. The van der Waals surface area contributed by atoms with Crippen molar-refractivity contribution in [2.75, 3.05) is 6.61 Å². The number of nitrogens with one attached hydrogen (secondary N) is 1. The van der Waals surface area contributed by atoms with Gasteiger partial charge in [0.25, 0.3) is 0 Å². The molecule has 0 saturated carbocycles. The van der Waals surface area contributed by atoms with Gasteiger partial charge in [-0.05, 0) is 47.9 Å². The molecule has 222 valence electrons. The minimum Gasteiger partial charge on any atom is -0.487 e. The Labute approximate surface area is 264 Å². The van der Waals surface area contributed by atoms with Crippen LogP contribution in [0.25, 0.3) is 22.0 Å². The second kappa shape index (κ2) is 12.8. The van der Waals surface area contributed by atoms with Crippen molar-refractivity contribution in [2.45, 2.75) is 49.7 Å². The molecule has 44 heavy (non-hydrogen) atoms. The Balaban J connectivity index is 1.18. The lowest BCUT2D eigenvalue weighted by molar-refractivity contribution is 0.117. The number of benzene rings is 3. The first-order valence-corrected chi connectivity index (χ1v) is 15.9. The van der Waals surface area contributed by atoms with Gasteiger partial charge in [0.05, 0.1) is 17.8 Å². The van der Waals surface area contributed by atoms with Crippen LogP contribution in [0, 0.1) is 0 Å². The number of nitrogens with zero attached hydrogens (tertiary/aromatic N) is 5. The number of rotatable bonds is 11. The Morgan fingerprint density at radius 3 is 2.61 bits per heavy atom. The van der Waals surface area contributed by atoms with E-state index in [1.54, 1.807) is 0 Å². The molecule has 1 N–H and O–H groups in total. The third kappa shape index (κ3) is 6.08. The van der Waals surface area contributed by atoms with Gasteiger partial charge in [0.1, 0.15) is 19.0 Å². The third-order valence-electron chi connectivity index (χ3n) is 7.83. The van der Waals surface area contributed by atoms with Crippen molar-refractivity contribution in [1.29, 1.82) is 0 Å². The van der Waals surface area contributed by atoms with E-state index in [0.29, 0.717) is 30.9 Å². The summed E-state index contributed by atoms with van der Waals surface area (Å²) in [6.45, 7) is 4.28. The first-order valence-electron chi connectivity index (χ1n) is 14.6. The number of pyridine rings is 1. The molecule has 8 nitrogen and oxygen atoms in total. The minimum absolute atomic E-state index is 0.316. The minimum atomic E-state index is 0.316. The van der Waals surface area contributed by atoms with E-state index in [1.165, 1.54) is 32.6 Å². The molecule has 0 amide bonds. The van der Waals surface area contributed by atoms with Crippen LogP contribution in [0.3, 0.4) is 0 Å². The molecule has 6 aromatic rings. The predicted molar refractivity (Wildman–Crippen MR) is 173 cm³/mol. The van der Waals surface area contributed by atoms with Crippen molar-refractivity contribution in [3.05, 3.63) is 118 Å². The van der Waals surface area contributed by atoms with Crippen LogP contribution in [0.2, 0.25) is 5.02 Å². The van der Waals surface area contributed by atoms with Gasteiger partial charge in [-0.15, -0.1) is 22.0 Å². The summed E-state index contributed by atoms with van der Waals surface area (Å²) in [7, 11) is 0. The lowest BCUT2D eigenvalue weighted by Crippen LogP contribution is -2.11. The molecule has 0 saturated heterocycles. The van der Waals surface area contributed by atoms with Crippen molar-refractivity contribution >= 4 is 34.3 Å². The summed E-state index contributed by atoms with van der Waals surface area (Å²) in [4.78, 5) is 6.00. The summed E-state index contributed by atoms with van der Waals surface area (Å²) >= 11 is 8.14. The fourth-order valence-electron chi connectivity index (χ4n) is 5.74. The molecule has 7 rings (SSSR count). The SMILES string of the molecule is CC1Cc2c(OCc3ccc(-c4ccccc4)cn3)ccc3c2c(c(CCOCc2nn[nH]n2)n3Cc2ccc(Cl)cc2)S1. The number of halogens is 1. The first-order chi connectivity index (χ1) is 21.6. The molecule has 1 aliphatic heterocycles. The Bertz CT molecular complexity index is 1860. The van der Waals surface area contributed by atoms with Gasteiger partial charge in [0.2, 0.25) is 0 Å². The van der Waals surface area contributed by atoms with Gasteiger partial charge in [-0.25, -0.2) is 0 Å². The van der Waals surface area contributed by atoms with Gasteiger partial charge in [0.15, 0.2) is 5.82 Å². The van der Waals surface area contributed by atoms with Crippen LogP contribution in [0.4, 0.5) is 0 Å². The van der Waals surface area contributed by atoms with Gasteiger partial charge >= 0.3 is 0 Å². The molecule has 0 bridgehead atoms. The highest BCUT2D eigenvalue weighted by Crippen LogP contribution is 2.47. The Morgan fingerprint density at radius 1 is 0.977 bits per heavy atom. The number of aromatic nitrogens is 6. The van der Waals surface area contributed by atoms with Crippen LogP contribution in [0.1, 0.15) is 35.3 Å². The highest BCUT2D eigenvalue weighted by molar-refractivity contribution is 8.00. The average molecular weight is 623 g/mol. The van der Waals surface area contributed by atoms with E-state index in [1.807, 2.05) is 54.4 Å². The van der Waals surface area contributed by atoms with Crippen LogP contribution in [-0.4, -0.2) is 42.0 Å². The molecule has 0 spiro atoms. The van der Waals surface area contributed by atoms with Crippen LogP contribution >= 0.6 is 23.4 Å². The van der Waals surface area contributed by atoms with E-state index >= 15 is 0 Å². The number of hydrogen-bond donors (Lipinski definition) is 1. The maximum absolute atomic E-state index is 6.48. The van der Waals surface area contributed by atoms with Crippen molar-refractivity contribution in [3.8, 4) is 16.9 Å². The van der Waals surface area contributed by atoms with Gasteiger partial charge in [-0.1, -0.05) is 72.3 Å². The molecular formula is C34H31ClN6O2S. The average Bonchev–Trinajstić information content (AvgIpc) is 3.67. The van der Waals surface area contributed by atoms with Crippen molar-refractivity contribution in [2.24, 2.45) is 0 Å². The first kappa shape index (κ1) is 28.6. The van der Waals surface area contributed by atoms with Crippen LogP contribution in [-0.2, 0) is 37.3 Å². The lowest BCUT2D eigenvalue weighted by Gasteiger charge is -2.22. The summed E-state index contributed by atoms with van der Waals surface area (Å²) in [6, 6.07) is 26.8. The fraction of sp³-hybridized carbons (Fsp3) is 0.235. The number of aromatic amines is 1. The summed E-state index contributed by atoms with van der Waals surface area (Å²) in [5.41, 5.74) is 8.06. The van der Waals surface area contributed by atoms with E-state index in [0.717, 1.165) is 47.0 Å². The molecule has 10 heteroatoms. The Kier molecular flexibility index (Phi) is 8.33. The molecular weight excluding hydrogens is 592 g/mol. The predicted octanol–water partition coefficient (Wildman–Crippen LogP) is 7.29. The zero-order chi connectivity index (χ0) is 29.9. The molecule has 1 atom stereocenters. The molecule has 1 unspecified atom stereocenters. The second-order valence-corrected chi connectivity index (χ2v) is 12.8. The van der Waals surface area contributed by atoms with Crippen LogP contribution in [0.5, 0.6) is 5.75 Å². The monoisotopic (exact) mass is 622 g/mol. The smallest absolute Gasteiger partial charge is 0.200 e. The van der Waals surface area contributed by atoms with Crippen molar-refractivity contribution in [1.82, 2.24) is 30.2 Å². The fourth-order valence-corrected chi connectivity index (χ4v) is 7.21. The zero-order valence-electron chi connectivity index (χ0n) is 24.2. The quantitative estimate of drug-likeness (QED) is 0.152. The van der Waals surface area contributed by atoms with Crippen LogP contribution < -0.4 is 4.74 Å². The topological polar surface area (TPSA) is 90.7 Å². The second-order valence-electron chi connectivity index (χ2n) is 10.9. The van der Waals surface area contributed by atoms with Gasteiger partial charge in [-0.3, -0.25) is 4.98 Å². The summed E-state index contributed by atoms with van der Waals surface area (Å²) < 4.78 is 14.9.